The second-order valence-corrected chi connectivity index (χ2v) is 1.97. The van der Waals surface area contributed by atoms with Gasteiger partial charge in [-0.2, -0.15) is 0 Å². The highest BCUT2D eigenvalue weighted by Crippen LogP contribution is 1.80. The van der Waals surface area contributed by atoms with Crippen LogP contribution < -0.4 is 5.73 Å². The van der Waals surface area contributed by atoms with Gasteiger partial charge in [0.2, 0.25) is 0 Å². The molecule has 0 bridgehead atoms. The minimum absolute atomic E-state index is 0.289. The van der Waals surface area contributed by atoms with Crippen molar-refractivity contribution < 1.29 is 0 Å². The van der Waals surface area contributed by atoms with Crippen molar-refractivity contribution in [2.45, 2.75) is 47.0 Å². The van der Waals surface area contributed by atoms with Gasteiger partial charge in [-0.25, -0.2) is 0 Å². The molecule has 0 atom stereocenters. The van der Waals surface area contributed by atoms with Gasteiger partial charge in [0, 0.05) is 6.42 Å². The molecule has 0 aromatic heterocycles. The van der Waals surface area contributed by atoms with Crippen molar-refractivity contribution in [1.29, 1.82) is 5.41 Å². The summed E-state index contributed by atoms with van der Waals surface area (Å²) >= 11 is 0. The van der Waals surface area contributed by atoms with Crippen LogP contribution in [0.25, 0.3) is 0 Å². The Kier molecular flexibility index (Phi) is 32.4. The molecule has 0 heterocycles. The van der Waals surface area contributed by atoms with Gasteiger partial charge >= 0.3 is 0 Å². The van der Waals surface area contributed by atoms with Crippen molar-refractivity contribution in [1.82, 2.24) is 0 Å². The Balaban J connectivity index is -0.000000118. The van der Waals surface area contributed by atoms with Crippen LogP contribution in [0.5, 0.6) is 0 Å². The predicted octanol–water partition coefficient (Wildman–Crippen LogP) is 3.33. The van der Waals surface area contributed by atoms with E-state index in [0.29, 0.717) is 0 Å². The number of amidine groups is 1. The van der Waals surface area contributed by atoms with Gasteiger partial charge in [0.05, 0.1) is 5.84 Å². The van der Waals surface area contributed by atoms with Crippen LogP contribution in [0.2, 0.25) is 0 Å². The number of hydrogen-bond acceptors (Lipinski definition) is 1. The van der Waals surface area contributed by atoms with E-state index in [-0.39, 0.29) is 5.84 Å². The van der Waals surface area contributed by atoms with Crippen LogP contribution in [0.15, 0.2) is 12.7 Å². The van der Waals surface area contributed by atoms with Crippen molar-refractivity contribution >= 4 is 5.84 Å². The zero-order chi connectivity index (χ0) is 10.4. The molecule has 0 spiro atoms. The van der Waals surface area contributed by atoms with Gasteiger partial charge in [-0.05, 0) is 12.8 Å². The molecule has 0 aliphatic rings. The van der Waals surface area contributed by atoms with Crippen LogP contribution in [0.1, 0.15) is 47.0 Å². The molecule has 0 radical (unpaired) electrons. The van der Waals surface area contributed by atoms with E-state index >= 15 is 0 Å². The summed E-state index contributed by atoms with van der Waals surface area (Å²) < 4.78 is 0. The third-order valence-corrected chi connectivity index (χ3v) is 0.808. The van der Waals surface area contributed by atoms with E-state index in [1.165, 1.54) is 0 Å². The smallest absolute Gasteiger partial charge is 0.0905 e. The van der Waals surface area contributed by atoms with Crippen LogP contribution in [-0.2, 0) is 0 Å². The lowest BCUT2D eigenvalue weighted by molar-refractivity contribution is 0.976. The Morgan fingerprint density at radius 2 is 1.75 bits per heavy atom. The molecular formula is C10H24N2. The number of nitrogens with two attached hydrogens (primary N) is 1. The molecule has 0 rings (SSSR count). The summed E-state index contributed by atoms with van der Waals surface area (Å²) in [5.74, 6) is 0.289. The van der Waals surface area contributed by atoms with Crippen LogP contribution in [0.4, 0.5) is 0 Å². The van der Waals surface area contributed by atoms with Gasteiger partial charge in [0.25, 0.3) is 0 Å². The Morgan fingerprint density at radius 1 is 1.42 bits per heavy atom. The first-order chi connectivity index (χ1) is 5.68. The molecule has 0 aromatic carbocycles. The van der Waals surface area contributed by atoms with Crippen molar-refractivity contribution in [2.75, 3.05) is 0 Å². The maximum atomic E-state index is 6.67. The topological polar surface area (TPSA) is 49.9 Å². The summed E-state index contributed by atoms with van der Waals surface area (Å²) in [6.45, 7) is 11.5. The molecule has 0 aromatic rings. The fourth-order valence-corrected chi connectivity index (χ4v) is 0.269. The number of rotatable bonds is 3. The number of hydrogen-bond donors (Lipinski definition) is 2. The summed E-state index contributed by atoms with van der Waals surface area (Å²) in [6.07, 6.45) is 4.68. The molecule has 74 valence electrons. The minimum atomic E-state index is 0.289. The van der Waals surface area contributed by atoms with Crippen molar-refractivity contribution in [3.63, 3.8) is 0 Å². The lowest BCUT2D eigenvalue weighted by atomic mass is 10.3. The van der Waals surface area contributed by atoms with Crippen LogP contribution >= 0.6 is 0 Å². The van der Waals surface area contributed by atoms with Gasteiger partial charge in [-0.3, -0.25) is 5.41 Å². The monoisotopic (exact) mass is 172 g/mol. The molecule has 3 N–H and O–H groups in total. The molecule has 12 heavy (non-hydrogen) atoms. The first kappa shape index (κ1) is 17.3. The SMILES string of the molecule is C=CCC.CC.CCCC(=N)N. The summed E-state index contributed by atoms with van der Waals surface area (Å²) in [5, 5.41) is 6.67. The van der Waals surface area contributed by atoms with Crippen LogP contribution in [0, 0.1) is 5.41 Å². The highest BCUT2D eigenvalue weighted by Gasteiger charge is 1.79. The summed E-state index contributed by atoms with van der Waals surface area (Å²) in [5.41, 5.74) is 4.99. The molecule has 0 fully saturated rings. The van der Waals surface area contributed by atoms with E-state index in [1.807, 2.05) is 26.8 Å². The third-order valence-electron chi connectivity index (χ3n) is 0.808. The van der Waals surface area contributed by atoms with E-state index in [9.17, 15) is 0 Å². The minimum Gasteiger partial charge on any atom is -0.388 e. The van der Waals surface area contributed by atoms with Crippen molar-refractivity contribution in [2.24, 2.45) is 5.73 Å². The highest BCUT2D eigenvalue weighted by atomic mass is 14.7. The van der Waals surface area contributed by atoms with E-state index in [2.05, 4.69) is 13.5 Å². The fraction of sp³-hybridized carbons (Fsp3) is 0.700. The maximum absolute atomic E-state index is 6.67. The molecule has 2 heteroatoms. The quantitative estimate of drug-likeness (QED) is 0.383. The van der Waals surface area contributed by atoms with E-state index in [1.54, 1.807) is 0 Å². The molecule has 2 nitrogen and oxygen atoms in total. The molecule has 0 aliphatic heterocycles. The van der Waals surface area contributed by atoms with Gasteiger partial charge in [0.1, 0.15) is 0 Å². The number of nitrogens with one attached hydrogen (secondary N) is 1. The third kappa shape index (κ3) is 60.2. The molecule has 0 aliphatic carbocycles. The first-order valence-corrected chi connectivity index (χ1v) is 4.62. The Bertz CT molecular complexity index is 87.8. The summed E-state index contributed by atoms with van der Waals surface area (Å²) in [4.78, 5) is 0. The lowest BCUT2D eigenvalue weighted by Crippen LogP contribution is -2.07. The van der Waals surface area contributed by atoms with Gasteiger partial charge in [0.15, 0.2) is 0 Å². The number of allylic oxidation sites excluding steroid dienone is 1. The van der Waals surface area contributed by atoms with Gasteiger partial charge in [-0.1, -0.05) is 33.8 Å². The molecule has 0 saturated heterocycles. The fourth-order valence-electron chi connectivity index (χ4n) is 0.269. The average Bonchev–Trinajstić information content (AvgIpc) is 2.08. The Morgan fingerprint density at radius 3 is 1.75 bits per heavy atom. The first-order valence-electron chi connectivity index (χ1n) is 4.62. The predicted molar refractivity (Wildman–Crippen MR) is 58.7 cm³/mol. The highest BCUT2D eigenvalue weighted by molar-refractivity contribution is 5.76. The molecule has 0 unspecified atom stereocenters. The van der Waals surface area contributed by atoms with E-state index < -0.39 is 0 Å². The zero-order valence-corrected chi connectivity index (χ0v) is 8.98. The van der Waals surface area contributed by atoms with Gasteiger partial charge < -0.3 is 5.73 Å². The van der Waals surface area contributed by atoms with E-state index in [0.717, 1.165) is 19.3 Å². The average molecular weight is 172 g/mol. The molecular weight excluding hydrogens is 148 g/mol. The lowest BCUT2D eigenvalue weighted by Gasteiger charge is -1.85. The van der Waals surface area contributed by atoms with E-state index in [4.69, 9.17) is 11.1 Å². The summed E-state index contributed by atoms with van der Waals surface area (Å²) in [7, 11) is 0. The molecule has 0 amide bonds. The second-order valence-electron chi connectivity index (χ2n) is 1.97. The standard InChI is InChI=1S/C4H10N2.C4H8.C2H6/c1-2-3-4(5)6;1-3-4-2;1-2/h2-3H2,1H3,(H3,5,6);3H,1,4H2,2H3;1-2H3. The maximum Gasteiger partial charge on any atom is 0.0905 e. The second kappa shape index (κ2) is 22.5. The van der Waals surface area contributed by atoms with Gasteiger partial charge in [-0.15, -0.1) is 6.58 Å². The Hall–Kier alpha value is -0.790. The van der Waals surface area contributed by atoms with Crippen LogP contribution in [0.3, 0.4) is 0 Å². The zero-order valence-electron chi connectivity index (χ0n) is 8.98. The van der Waals surface area contributed by atoms with Crippen molar-refractivity contribution in [3.8, 4) is 0 Å². The van der Waals surface area contributed by atoms with Crippen LogP contribution in [-0.4, -0.2) is 5.84 Å². The normalized spacial score (nSPS) is 6.67. The largest absolute Gasteiger partial charge is 0.388 e. The Labute approximate surface area is 77.4 Å². The summed E-state index contributed by atoms with van der Waals surface area (Å²) in [6, 6.07) is 0. The molecule has 0 saturated carbocycles. The van der Waals surface area contributed by atoms with Crippen molar-refractivity contribution in [3.05, 3.63) is 12.7 Å².